The topological polar surface area (TPSA) is 164 Å². The standard InChI is InChI=1S/C19H34BNO6.C7H14BNO4.CH4/c1-17(2,3)25-16(23)21-12-13(11-14(21)15(22)24-8)9-10-20-26-18(4,5)19(6,7)27-20;10-7(11)6-3-5(4-9-6)1-2-8(12)13;/h13-14H,9-12H2,1-8H3;5-6,9,12-13H,1-4H2,(H,10,11);1H4. The van der Waals surface area contributed by atoms with Crippen molar-refractivity contribution in [3.05, 3.63) is 0 Å². The number of ether oxygens (including phenoxy) is 2. The number of carboxylic acid groups (broad SMARTS) is 1. The van der Waals surface area contributed by atoms with Crippen LogP contribution >= 0.6 is 0 Å². The number of aliphatic carboxylic acids is 1. The molecule has 3 aliphatic rings. The fourth-order valence-corrected chi connectivity index (χ4v) is 5.07. The minimum absolute atomic E-state index is 0. The Morgan fingerprint density at radius 1 is 1.05 bits per heavy atom. The first-order valence-corrected chi connectivity index (χ1v) is 14.1. The number of likely N-dealkylation sites (tertiary alicyclic amines) is 1. The summed E-state index contributed by atoms with van der Waals surface area (Å²) in [5.74, 6) is -0.811. The summed E-state index contributed by atoms with van der Waals surface area (Å²) in [6.07, 6.45) is 3.16. The number of carboxylic acids is 1. The molecule has 3 aliphatic heterocycles. The Hall–Kier alpha value is -1.86. The van der Waals surface area contributed by atoms with E-state index in [1.54, 1.807) is 0 Å². The molecule has 3 rings (SSSR count). The van der Waals surface area contributed by atoms with Crippen LogP contribution in [0.25, 0.3) is 0 Å². The number of amides is 1. The van der Waals surface area contributed by atoms with Crippen LogP contribution in [0.2, 0.25) is 12.6 Å². The zero-order valence-corrected chi connectivity index (χ0v) is 25.3. The van der Waals surface area contributed by atoms with E-state index in [0.29, 0.717) is 45.0 Å². The molecule has 12 nitrogen and oxygen atoms in total. The summed E-state index contributed by atoms with van der Waals surface area (Å²) in [4.78, 5) is 36.7. The molecule has 0 aromatic carbocycles. The molecule has 0 spiro atoms. The van der Waals surface area contributed by atoms with Crippen LogP contribution < -0.4 is 5.32 Å². The highest BCUT2D eigenvalue weighted by Crippen LogP contribution is 2.39. The number of hydrogen-bond acceptors (Lipinski definition) is 10. The number of nitrogens with zero attached hydrogens (tertiary/aromatic N) is 1. The maximum absolute atomic E-state index is 12.5. The van der Waals surface area contributed by atoms with E-state index in [1.165, 1.54) is 12.0 Å². The van der Waals surface area contributed by atoms with Gasteiger partial charge in [0, 0.05) is 6.54 Å². The Morgan fingerprint density at radius 3 is 2.10 bits per heavy atom. The summed E-state index contributed by atoms with van der Waals surface area (Å²) < 4.78 is 22.4. The third-order valence-corrected chi connectivity index (χ3v) is 7.95. The molecule has 0 saturated carbocycles. The van der Waals surface area contributed by atoms with E-state index in [0.717, 1.165) is 6.42 Å². The van der Waals surface area contributed by atoms with Crippen LogP contribution in [0.3, 0.4) is 0 Å². The van der Waals surface area contributed by atoms with Crippen molar-refractivity contribution in [1.82, 2.24) is 10.2 Å². The normalized spacial score (nSPS) is 26.5. The second kappa shape index (κ2) is 15.0. The summed E-state index contributed by atoms with van der Waals surface area (Å²) in [6.45, 7) is 14.7. The zero-order valence-electron chi connectivity index (χ0n) is 25.3. The van der Waals surface area contributed by atoms with Crippen LogP contribution in [0.5, 0.6) is 0 Å². The first-order chi connectivity index (χ1) is 18.3. The fourth-order valence-electron chi connectivity index (χ4n) is 5.07. The number of rotatable bonds is 8. The Balaban J connectivity index is 0.000000505. The van der Waals surface area contributed by atoms with Crippen LogP contribution in [-0.2, 0) is 28.4 Å². The quantitative estimate of drug-likeness (QED) is 0.244. The average Bonchev–Trinajstić information content (AvgIpc) is 3.51. The average molecular weight is 586 g/mol. The minimum Gasteiger partial charge on any atom is -0.480 e. The Labute approximate surface area is 246 Å². The van der Waals surface area contributed by atoms with Crippen molar-refractivity contribution in [1.29, 1.82) is 0 Å². The number of nitrogens with one attached hydrogen (secondary N) is 1. The second-order valence-corrected chi connectivity index (χ2v) is 13.0. The van der Waals surface area contributed by atoms with Gasteiger partial charge < -0.3 is 39.3 Å². The maximum Gasteiger partial charge on any atom is 0.457 e. The van der Waals surface area contributed by atoms with E-state index >= 15 is 0 Å². The molecule has 14 heteroatoms. The fraction of sp³-hybridized carbons (Fsp3) is 0.889. The van der Waals surface area contributed by atoms with Crippen molar-refractivity contribution < 1.29 is 48.3 Å². The number of carbonyl (C=O) groups is 3. The summed E-state index contributed by atoms with van der Waals surface area (Å²) in [5.41, 5.74) is -1.33. The summed E-state index contributed by atoms with van der Waals surface area (Å²) in [5, 5.41) is 28.7. The molecule has 1 amide bonds. The van der Waals surface area contributed by atoms with E-state index in [-0.39, 0.29) is 37.6 Å². The zero-order chi connectivity index (χ0) is 30.5. The molecule has 4 N–H and O–H groups in total. The first kappa shape index (κ1) is 37.2. The van der Waals surface area contributed by atoms with Gasteiger partial charge in [0.25, 0.3) is 0 Å². The van der Waals surface area contributed by atoms with E-state index in [1.807, 2.05) is 48.5 Å². The summed E-state index contributed by atoms with van der Waals surface area (Å²) >= 11 is 0. The third-order valence-electron chi connectivity index (χ3n) is 7.95. The van der Waals surface area contributed by atoms with Gasteiger partial charge in [0.05, 0.1) is 18.3 Å². The third kappa shape index (κ3) is 11.1. The summed E-state index contributed by atoms with van der Waals surface area (Å²) in [7, 11) is -0.209. The first-order valence-electron chi connectivity index (χ1n) is 14.1. The van der Waals surface area contributed by atoms with Gasteiger partial charge in [-0.2, -0.15) is 0 Å². The Bertz CT molecular complexity index is 865. The molecule has 0 radical (unpaired) electrons. The van der Waals surface area contributed by atoms with Crippen LogP contribution in [0.1, 0.15) is 81.6 Å². The number of esters is 1. The van der Waals surface area contributed by atoms with Crippen LogP contribution in [0.4, 0.5) is 4.79 Å². The lowest BCUT2D eigenvalue weighted by molar-refractivity contribution is -0.145. The van der Waals surface area contributed by atoms with Gasteiger partial charge in [0.2, 0.25) is 0 Å². The van der Waals surface area contributed by atoms with Gasteiger partial charge in [-0.1, -0.05) is 20.3 Å². The predicted octanol–water partition coefficient (Wildman–Crippen LogP) is 2.82. The molecular weight excluding hydrogens is 534 g/mol. The molecule has 0 bridgehead atoms. The summed E-state index contributed by atoms with van der Waals surface area (Å²) in [6, 6.07) is -1.06. The van der Waals surface area contributed by atoms with Gasteiger partial charge in [0.1, 0.15) is 17.7 Å². The van der Waals surface area contributed by atoms with Crippen molar-refractivity contribution in [3.8, 4) is 0 Å². The van der Waals surface area contributed by atoms with Gasteiger partial charge in [-0.15, -0.1) is 0 Å². The lowest BCUT2D eigenvalue weighted by atomic mass is 9.79. The minimum atomic E-state index is -1.27. The van der Waals surface area contributed by atoms with Gasteiger partial charge in [-0.3, -0.25) is 9.69 Å². The van der Waals surface area contributed by atoms with Crippen molar-refractivity contribution in [3.63, 3.8) is 0 Å². The monoisotopic (exact) mass is 586 g/mol. The largest absolute Gasteiger partial charge is 0.480 e. The van der Waals surface area contributed by atoms with Crippen molar-refractivity contribution in [2.75, 3.05) is 20.2 Å². The van der Waals surface area contributed by atoms with Crippen LogP contribution in [0.15, 0.2) is 0 Å². The van der Waals surface area contributed by atoms with Crippen LogP contribution in [-0.4, -0.2) is 101 Å². The maximum atomic E-state index is 12.5. The lowest BCUT2D eigenvalue weighted by Crippen LogP contribution is -2.43. The number of carbonyl (C=O) groups excluding carboxylic acids is 2. The molecule has 3 saturated heterocycles. The lowest BCUT2D eigenvalue weighted by Gasteiger charge is -2.32. The van der Waals surface area contributed by atoms with E-state index in [9.17, 15) is 14.4 Å². The highest BCUT2D eigenvalue weighted by molar-refractivity contribution is 6.45. The van der Waals surface area contributed by atoms with Gasteiger partial charge in [-0.25, -0.2) is 9.59 Å². The molecule has 4 unspecified atom stereocenters. The van der Waals surface area contributed by atoms with E-state index in [4.69, 9.17) is 33.9 Å². The molecule has 41 heavy (non-hydrogen) atoms. The predicted molar refractivity (Wildman–Crippen MR) is 156 cm³/mol. The Morgan fingerprint density at radius 2 is 1.63 bits per heavy atom. The molecule has 4 atom stereocenters. The molecule has 0 aromatic rings. The molecule has 3 heterocycles. The molecule has 0 aliphatic carbocycles. The second-order valence-electron chi connectivity index (χ2n) is 13.0. The van der Waals surface area contributed by atoms with Crippen molar-refractivity contribution in [2.24, 2.45) is 11.8 Å². The van der Waals surface area contributed by atoms with E-state index < -0.39 is 42.8 Å². The van der Waals surface area contributed by atoms with Gasteiger partial charge in [0.15, 0.2) is 0 Å². The highest BCUT2D eigenvalue weighted by Gasteiger charge is 2.51. The van der Waals surface area contributed by atoms with Gasteiger partial charge in [-0.05, 0) is 92.3 Å². The van der Waals surface area contributed by atoms with Crippen molar-refractivity contribution >= 4 is 32.3 Å². The molecule has 3 fully saturated rings. The van der Waals surface area contributed by atoms with Crippen molar-refractivity contribution in [2.45, 2.75) is 123 Å². The van der Waals surface area contributed by atoms with Gasteiger partial charge >= 0.3 is 32.3 Å². The highest BCUT2D eigenvalue weighted by atomic mass is 16.7. The molecule has 236 valence electrons. The smallest absolute Gasteiger partial charge is 0.457 e. The SMILES string of the molecule is C.COC(=O)C1CC(CCB2OC(C)(C)C(C)(C)O2)CN1C(=O)OC(C)(C)C.O=C(O)C1CC(CCB(O)O)CN1. The Kier molecular flexibility index (Phi) is 13.6. The number of methoxy groups -OCH3 is 1. The van der Waals surface area contributed by atoms with Crippen LogP contribution in [0, 0.1) is 11.8 Å². The van der Waals surface area contributed by atoms with E-state index in [2.05, 4.69) is 5.32 Å². The number of hydrogen-bond donors (Lipinski definition) is 4. The molecular formula is C27H52B2N2O10. The molecule has 0 aromatic heterocycles.